The quantitative estimate of drug-likeness (QED) is 0.382. The maximum absolute atomic E-state index is 5.96. The fourth-order valence-electron chi connectivity index (χ4n) is 2.75. The number of benzene rings is 2. The monoisotopic (exact) mass is 370 g/mol. The van der Waals surface area contributed by atoms with E-state index < -0.39 is 0 Å². The molecule has 0 aliphatic rings. The molecule has 27 heavy (non-hydrogen) atoms. The van der Waals surface area contributed by atoms with Gasteiger partial charge in [0.2, 0.25) is 0 Å². The molecular weight excluding hydrogens is 340 g/mol. The molecule has 0 bridgehead atoms. The molecule has 0 aliphatic heterocycles. The maximum Gasteiger partial charge on any atom is 0.188 e. The van der Waals surface area contributed by atoms with Crippen molar-refractivity contribution in [3.8, 4) is 11.5 Å². The molecule has 0 amide bonds. The molecule has 0 unspecified atom stereocenters. The van der Waals surface area contributed by atoms with Crippen molar-refractivity contribution < 1.29 is 9.47 Å². The van der Waals surface area contributed by atoms with Crippen molar-refractivity contribution in [2.24, 2.45) is 10.7 Å². The van der Waals surface area contributed by atoms with Gasteiger partial charge in [0.25, 0.3) is 0 Å². The van der Waals surface area contributed by atoms with Gasteiger partial charge in [0.15, 0.2) is 17.5 Å². The zero-order valence-corrected chi connectivity index (χ0v) is 16.4. The zero-order valence-electron chi connectivity index (χ0n) is 16.4. The lowest BCUT2D eigenvalue weighted by atomic mass is 10.2. The van der Waals surface area contributed by atoms with E-state index >= 15 is 0 Å². The molecule has 0 spiro atoms. The molecule has 0 aromatic heterocycles. The Labute approximate surface area is 162 Å². The molecule has 0 saturated heterocycles. The van der Waals surface area contributed by atoms with Gasteiger partial charge in [-0.1, -0.05) is 36.4 Å². The van der Waals surface area contributed by atoms with E-state index in [2.05, 4.69) is 46.5 Å². The molecule has 0 radical (unpaired) electrons. The zero-order chi connectivity index (χ0) is 19.5. The van der Waals surface area contributed by atoms with E-state index in [0.29, 0.717) is 24.0 Å². The van der Waals surface area contributed by atoms with Crippen LogP contribution in [0.5, 0.6) is 11.5 Å². The topological polar surface area (TPSA) is 72.1 Å². The van der Waals surface area contributed by atoms with E-state index in [9.17, 15) is 0 Å². The van der Waals surface area contributed by atoms with Crippen LogP contribution in [-0.2, 0) is 13.1 Å². The van der Waals surface area contributed by atoms with Crippen LogP contribution in [0.4, 0.5) is 0 Å². The van der Waals surface area contributed by atoms with Gasteiger partial charge in [-0.3, -0.25) is 0 Å². The highest BCUT2D eigenvalue weighted by molar-refractivity contribution is 5.77. The first-order valence-electron chi connectivity index (χ1n) is 9.09. The number of nitrogens with one attached hydrogen (secondary N) is 1. The minimum atomic E-state index is 0.454. The summed E-state index contributed by atoms with van der Waals surface area (Å²) in [6.45, 7) is 3.22. The highest BCUT2D eigenvalue weighted by atomic mass is 16.5. The van der Waals surface area contributed by atoms with Gasteiger partial charge in [0.1, 0.15) is 0 Å². The average molecular weight is 370 g/mol. The van der Waals surface area contributed by atoms with Crippen molar-refractivity contribution in [2.75, 3.05) is 34.4 Å². The number of rotatable bonds is 10. The molecule has 2 aromatic carbocycles. The van der Waals surface area contributed by atoms with Gasteiger partial charge in [-0.25, -0.2) is 4.99 Å². The van der Waals surface area contributed by atoms with Crippen molar-refractivity contribution >= 4 is 5.96 Å². The largest absolute Gasteiger partial charge is 0.493 e. The molecule has 3 N–H and O–H groups in total. The van der Waals surface area contributed by atoms with Crippen LogP contribution in [0.25, 0.3) is 0 Å². The number of guanidine groups is 1. The maximum atomic E-state index is 5.96. The van der Waals surface area contributed by atoms with E-state index in [-0.39, 0.29) is 0 Å². The van der Waals surface area contributed by atoms with Gasteiger partial charge in [-0.15, -0.1) is 0 Å². The Morgan fingerprint density at radius 1 is 1.04 bits per heavy atom. The molecule has 2 rings (SSSR count). The van der Waals surface area contributed by atoms with E-state index in [1.54, 1.807) is 14.2 Å². The van der Waals surface area contributed by atoms with Crippen molar-refractivity contribution in [3.05, 3.63) is 59.7 Å². The van der Waals surface area contributed by atoms with Gasteiger partial charge in [-0.2, -0.15) is 0 Å². The Balaban J connectivity index is 1.70. The Morgan fingerprint density at radius 2 is 1.78 bits per heavy atom. The molecule has 0 heterocycles. The Morgan fingerprint density at radius 3 is 2.48 bits per heavy atom. The van der Waals surface area contributed by atoms with Gasteiger partial charge >= 0.3 is 0 Å². The number of methoxy groups -OCH3 is 2. The second-order valence-electron chi connectivity index (χ2n) is 6.39. The van der Waals surface area contributed by atoms with Gasteiger partial charge in [0, 0.05) is 13.1 Å². The molecular formula is C21H30N4O2. The molecule has 0 aliphatic carbocycles. The lowest BCUT2D eigenvalue weighted by Gasteiger charge is -2.16. The van der Waals surface area contributed by atoms with Crippen LogP contribution in [0.2, 0.25) is 0 Å². The molecule has 6 nitrogen and oxygen atoms in total. The standard InChI is InChI=1S/C21H30N4O2/c1-25(16-17-8-5-4-6-9-17)13-7-12-23-21(22)24-15-18-10-11-19(26-2)20(14-18)27-3/h4-6,8-11,14H,7,12-13,15-16H2,1-3H3,(H3,22,23,24). The molecule has 0 saturated carbocycles. The number of nitrogens with two attached hydrogens (primary N) is 1. The number of nitrogens with zero attached hydrogens (tertiary/aromatic N) is 2. The Kier molecular flexibility index (Phi) is 8.45. The highest BCUT2D eigenvalue weighted by Crippen LogP contribution is 2.27. The van der Waals surface area contributed by atoms with Crippen LogP contribution < -0.4 is 20.5 Å². The predicted octanol–water partition coefficient (Wildman–Crippen LogP) is 2.63. The normalized spacial score (nSPS) is 11.5. The van der Waals surface area contributed by atoms with Gasteiger partial charge in [0.05, 0.1) is 20.8 Å². The fourth-order valence-corrected chi connectivity index (χ4v) is 2.75. The first kappa shape index (κ1) is 20.6. The van der Waals surface area contributed by atoms with Crippen molar-refractivity contribution in [3.63, 3.8) is 0 Å². The minimum absolute atomic E-state index is 0.454. The molecule has 2 aromatic rings. The number of hydrogen-bond donors (Lipinski definition) is 2. The van der Waals surface area contributed by atoms with E-state index in [4.69, 9.17) is 15.2 Å². The summed E-state index contributed by atoms with van der Waals surface area (Å²) in [6.07, 6.45) is 0.996. The fraction of sp³-hybridized carbons (Fsp3) is 0.381. The number of ether oxygens (including phenoxy) is 2. The van der Waals surface area contributed by atoms with Crippen molar-refractivity contribution in [1.82, 2.24) is 10.2 Å². The van der Waals surface area contributed by atoms with Crippen LogP contribution in [0, 0.1) is 0 Å². The Hall–Kier alpha value is -2.73. The van der Waals surface area contributed by atoms with Crippen LogP contribution in [-0.4, -0.2) is 45.2 Å². The summed E-state index contributed by atoms with van der Waals surface area (Å²) in [5.74, 6) is 1.85. The van der Waals surface area contributed by atoms with Gasteiger partial charge < -0.3 is 25.4 Å². The number of hydrogen-bond acceptors (Lipinski definition) is 4. The third kappa shape index (κ3) is 7.19. The third-order valence-electron chi connectivity index (χ3n) is 4.20. The van der Waals surface area contributed by atoms with E-state index in [1.807, 2.05) is 24.3 Å². The SMILES string of the molecule is COc1ccc(CN=C(N)NCCCN(C)Cc2ccccc2)cc1OC. The third-order valence-corrected chi connectivity index (χ3v) is 4.20. The highest BCUT2D eigenvalue weighted by Gasteiger charge is 2.04. The molecule has 146 valence electrons. The summed E-state index contributed by atoms with van der Waals surface area (Å²) in [4.78, 5) is 6.68. The van der Waals surface area contributed by atoms with E-state index in [0.717, 1.165) is 31.6 Å². The van der Waals surface area contributed by atoms with E-state index in [1.165, 1.54) is 5.56 Å². The average Bonchev–Trinajstić information content (AvgIpc) is 2.70. The summed E-state index contributed by atoms with van der Waals surface area (Å²) < 4.78 is 10.5. The van der Waals surface area contributed by atoms with Crippen LogP contribution >= 0.6 is 0 Å². The summed E-state index contributed by atoms with van der Waals surface area (Å²) in [6, 6.07) is 16.2. The van der Waals surface area contributed by atoms with Crippen molar-refractivity contribution in [2.45, 2.75) is 19.5 Å². The lowest BCUT2D eigenvalue weighted by molar-refractivity contribution is 0.322. The predicted molar refractivity (Wildman–Crippen MR) is 110 cm³/mol. The Bertz CT molecular complexity index is 719. The first-order chi connectivity index (χ1) is 13.1. The lowest BCUT2D eigenvalue weighted by Crippen LogP contribution is -2.34. The second-order valence-corrected chi connectivity index (χ2v) is 6.39. The summed E-state index contributed by atoms with van der Waals surface area (Å²) in [5.41, 5.74) is 8.29. The molecule has 0 fully saturated rings. The summed E-state index contributed by atoms with van der Waals surface area (Å²) in [5, 5.41) is 3.17. The van der Waals surface area contributed by atoms with Crippen LogP contribution in [0.3, 0.4) is 0 Å². The minimum Gasteiger partial charge on any atom is -0.493 e. The summed E-state index contributed by atoms with van der Waals surface area (Å²) in [7, 11) is 5.37. The molecule has 6 heteroatoms. The van der Waals surface area contributed by atoms with Crippen LogP contribution in [0.1, 0.15) is 17.5 Å². The summed E-state index contributed by atoms with van der Waals surface area (Å²) >= 11 is 0. The van der Waals surface area contributed by atoms with Gasteiger partial charge in [-0.05, 0) is 43.3 Å². The molecule has 0 atom stereocenters. The smallest absolute Gasteiger partial charge is 0.188 e. The second kappa shape index (κ2) is 11.1. The van der Waals surface area contributed by atoms with Crippen LogP contribution in [0.15, 0.2) is 53.5 Å². The first-order valence-corrected chi connectivity index (χ1v) is 9.09. The number of aliphatic imine (C=N–C) groups is 1. The van der Waals surface area contributed by atoms with Crippen molar-refractivity contribution in [1.29, 1.82) is 0 Å².